The van der Waals surface area contributed by atoms with Gasteiger partial charge in [-0.25, -0.2) is 7.14 Å². The van der Waals surface area contributed by atoms with E-state index in [4.69, 9.17) is 7.57 Å². The SMILES string of the molecule is [B-][P+](C)(C)C(C)(C)CC(C)(C)C. The normalized spacial score (nSPS) is 15.0. The van der Waals surface area contributed by atoms with Gasteiger partial charge in [0.05, 0.1) is 0 Å². The van der Waals surface area contributed by atoms with Crippen molar-refractivity contribution in [3.63, 3.8) is 0 Å². The van der Waals surface area contributed by atoms with Crippen molar-refractivity contribution < 1.29 is 0 Å². The summed E-state index contributed by atoms with van der Waals surface area (Å²) in [6.07, 6.45) is 1.21. The molecule has 0 heterocycles. The first-order chi connectivity index (χ1) is 4.96. The van der Waals surface area contributed by atoms with E-state index < -0.39 is 7.14 Å². The average Bonchev–Trinajstić information content (AvgIpc) is 1.52. The lowest BCUT2D eigenvalue weighted by molar-refractivity contribution is 0.336. The van der Waals surface area contributed by atoms with Gasteiger partial charge in [-0.1, -0.05) is 20.8 Å². The van der Waals surface area contributed by atoms with Crippen molar-refractivity contribution in [3.05, 3.63) is 0 Å². The summed E-state index contributed by atoms with van der Waals surface area (Å²) in [4.78, 5) is 0. The van der Waals surface area contributed by atoms with Crippen molar-refractivity contribution in [2.45, 2.75) is 46.2 Å². The molecule has 0 unspecified atom stereocenters. The van der Waals surface area contributed by atoms with Gasteiger partial charge in [0.25, 0.3) is 0 Å². The smallest absolute Gasteiger partial charge is 0.0270 e. The van der Waals surface area contributed by atoms with Gasteiger partial charge in [0, 0.05) is 18.5 Å². The zero-order valence-corrected chi connectivity index (χ0v) is 10.6. The van der Waals surface area contributed by atoms with Crippen molar-refractivity contribution in [2.75, 3.05) is 13.3 Å². The molecule has 0 amide bonds. The van der Waals surface area contributed by atoms with E-state index in [9.17, 15) is 0 Å². The molecule has 0 aliphatic rings. The lowest BCUT2D eigenvalue weighted by atomic mass is 9.86. The van der Waals surface area contributed by atoms with Crippen molar-refractivity contribution in [1.29, 1.82) is 0 Å². The molecular formula is C10H23BP. The van der Waals surface area contributed by atoms with Crippen LogP contribution < -0.4 is 0 Å². The van der Waals surface area contributed by atoms with Crippen molar-refractivity contribution in [3.8, 4) is 0 Å². The van der Waals surface area contributed by atoms with Crippen LogP contribution in [0.3, 0.4) is 0 Å². The zero-order valence-electron chi connectivity index (χ0n) is 9.73. The Morgan fingerprint density at radius 2 is 1.33 bits per heavy atom. The molecule has 0 aromatic carbocycles. The highest BCUT2D eigenvalue weighted by atomic mass is 31.2. The highest BCUT2D eigenvalue weighted by Gasteiger charge is 2.33. The standard InChI is InChI=1S/C10H23BP/c1-9(2,3)8-10(4,5)12(6,7)11/h8H2,1-7H3. The Morgan fingerprint density at radius 1 is 1.00 bits per heavy atom. The average molecular weight is 185 g/mol. The molecule has 0 N–H and O–H groups in total. The molecule has 0 rings (SSSR count). The predicted molar refractivity (Wildman–Crippen MR) is 62.7 cm³/mol. The fourth-order valence-corrected chi connectivity index (χ4v) is 2.38. The largest absolute Gasteiger partial charge is 0.307 e. The fourth-order valence-electron chi connectivity index (χ4n) is 1.50. The number of rotatable bonds is 2. The third-order valence-corrected chi connectivity index (χ3v) is 5.80. The van der Waals surface area contributed by atoms with E-state index in [1.54, 1.807) is 0 Å². The Bertz CT molecular complexity index is 148. The minimum atomic E-state index is -1.22. The highest BCUT2D eigenvalue weighted by Crippen LogP contribution is 2.61. The highest BCUT2D eigenvalue weighted by molar-refractivity contribution is 7.97. The van der Waals surface area contributed by atoms with Crippen molar-refractivity contribution in [2.24, 2.45) is 5.41 Å². The molecule has 0 aliphatic carbocycles. The Kier molecular flexibility index (Phi) is 3.47. The second kappa shape index (κ2) is 3.33. The summed E-state index contributed by atoms with van der Waals surface area (Å²) < 4.78 is 0. The summed E-state index contributed by atoms with van der Waals surface area (Å²) in [5, 5.41) is 0.311. The summed E-state index contributed by atoms with van der Waals surface area (Å²) in [7, 11) is 5.02. The molecule has 71 valence electrons. The summed E-state index contributed by atoms with van der Waals surface area (Å²) >= 11 is 0. The van der Waals surface area contributed by atoms with E-state index in [0.717, 1.165) is 0 Å². The third-order valence-electron chi connectivity index (χ3n) is 2.52. The second-order valence-corrected chi connectivity index (χ2v) is 10.4. The number of hydrogen-bond donors (Lipinski definition) is 0. The molecule has 0 nitrogen and oxygen atoms in total. The molecule has 0 spiro atoms. The Morgan fingerprint density at radius 3 is 1.42 bits per heavy atom. The molecule has 0 aliphatic heterocycles. The molecule has 3 radical (unpaired) electrons. The minimum Gasteiger partial charge on any atom is -0.307 e. The summed E-state index contributed by atoms with van der Waals surface area (Å²) in [5.41, 5.74) is 0.389. The Balaban J connectivity index is 4.44. The quantitative estimate of drug-likeness (QED) is 0.455. The molecule has 0 aromatic heterocycles. The van der Waals surface area contributed by atoms with Crippen LogP contribution in [0, 0.1) is 5.41 Å². The first-order valence-corrected chi connectivity index (χ1v) is 7.34. The van der Waals surface area contributed by atoms with Crippen LogP contribution in [0.1, 0.15) is 41.0 Å². The van der Waals surface area contributed by atoms with Crippen molar-refractivity contribution in [1.82, 2.24) is 0 Å². The maximum Gasteiger partial charge on any atom is 0.0270 e. The van der Waals surface area contributed by atoms with Crippen LogP contribution in [0.25, 0.3) is 0 Å². The van der Waals surface area contributed by atoms with Gasteiger partial charge >= 0.3 is 0 Å². The molecule has 0 saturated carbocycles. The van der Waals surface area contributed by atoms with E-state index in [0.29, 0.717) is 10.6 Å². The van der Waals surface area contributed by atoms with Gasteiger partial charge in [-0.3, -0.25) is 0 Å². The van der Waals surface area contributed by atoms with E-state index >= 15 is 0 Å². The minimum absolute atomic E-state index is 0.311. The van der Waals surface area contributed by atoms with Crippen LogP contribution >= 0.6 is 7.14 Å². The molecule has 12 heavy (non-hydrogen) atoms. The molecule has 0 bridgehead atoms. The Hall–Kier alpha value is 0.495. The molecular weight excluding hydrogens is 162 g/mol. The lowest BCUT2D eigenvalue weighted by Gasteiger charge is -2.47. The Labute approximate surface area is 80.2 Å². The van der Waals surface area contributed by atoms with Crippen LogP contribution in [-0.4, -0.2) is 26.1 Å². The van der Waals surface area contributed by atoms with E-state index in [1.165, 1.54) is 6.42 Å². The van der Waals surface area contributed by atoms with Crippen LogP contribution in [0.2, 0.25) is 0 Å². The molecule has 0 saturated heterocycles. The van der Waals surface area contributed by atoms with Gasteiger partial charge in [0.1, 0.15) is 0 Å². The second-order valence-electron chi connectivity index (χ2n) is 6.09. The third kappa shape index (κ3) is 3.94. The van der Waals surface area contributed by atoms with Gasteiger partial charge < -0.3 is 7.57 Å². The maximum absolute atomic E-state index is 6.23. The lowest BCUT2D eigenvalue weighted by Crippen LogP contribution is -2.29. The first-order valence-electron chi connectivity index (χ1n) is 4.58. The number of hydrogen-bond acceptors (Lipinski definition) is 0. The fraction of sp³-hybridized carbons (Fsp3) is 1.00. The molecule has 0 atom stereocenters. The molecule has 0 aromatic rings. The molecule has 2 heteroatoms. The summed E-state index contributed by atoms with van der Waals surface area (Å²) in [6.45, 7) is 15.9. The van der Waals surface area contributed by atoms with Gasteiger partial charge in [-0.15, -0.1) is 0 Å². The summed E-state index contributed by atoms with van der Waals surface area (Å²) in [5.74, 6) is 0. The monoisotopic (exact) mass is 185 g/mol. The topological polar surface area (TPSA) is 0 Å². The van der Waals surface area contributed by atoms with Gasteiger partial charge in [-0.2, -0.15) is 0 Å². The van der Waals surface area contributed by atoms with Crippen LogP contribution in [0.4, 0.5) is 0 Å². The predicted octanol–water partition coefficient (Wildman–Crippen LogP) is 3.56. The maximum atomic E-state index is 6.23. The van der Waals surface area contributed by atoms with E-state index in [2.05, 4.69) is 47.9 Å². The van der Waals surface area contributed by atoms with Crippen molar-refractivity contribution >= 4 is 14.7 Å². The summed E-state index contributed by atoms with van der Waals surface area (Å²) in [6, 6.07) is 0. The van der Waals surface area contributed by atoms with Crippen LogP contribution in [-0.2, 0) is 0 Å². The van der Waals surface area contributed by atoms with Crippen LogP contribution in [0.5, 0.6) is 0 Å². The van der Waals surface area contributed by atoms with E-state index in [-0.39, 0.29) is 0 Å². The van der Waals surface area contributed by atoms with Gasteiger partial charge in [-0.05, 0) is 25.7 Å². The first kappa shape index (κ1) is 12.5. The van der Waals surface area contributed by atoms with E-state index in [1.807, 2.05) is 0 Å². The van der Waals surface area contributed by atoms with Gasteiger partial charge in [0.2, 0.25) is 0 Å². The van der Waals surface area contributed by atoms with Gasteiger partial charge in [0.15, 0.2) is 0 Å². The van der Waals surface area contributed by atoms with Crippen LogP contribution in [0.15, 0.2) is 0 Å². The molecule has 0 fully saturated rings. The zero-order chi connectivity index (χ0) is 10.2.